The zero-order valence-corrected chi connectivity index (χ0v) is 15.0. The second kappa shape index (κ2) is 8.82. The number of carbonyl (C=O) groups excluding carboxylic acids is 1. The number of ether oxygens (including phenoxy) is 2. The van der Waals surface area contributed by atoms with Gasteiger partial charge in [-0.25, -0.2) is 4.98 Å². The minimum absolute atomic E-state index is 0.200. The third kappa shape index (κ3) is 4.83. The second-order valence-electron chi connectivity index (χ2n) is 5.83. The zero-order valence-electron chi connectivity index (χ0n) is 15.0. The van der Waals surface area contributed by atoms with Crippen molar-refractivity contribution in [1.82, 2.24) is 4.98 Å². The van der Waals surface area contributed by atoms with Crippen LogP contribution in [0.25, 0.3) is 0 Å². The summed E-state index contributed by atoms with van der Waals surface area (Å²) in [5, 5.41) is 2.82. The van der Waals surface area contributed by atoms with E-state index in [4.69, 9.17) is 15.2 Å². The fourth-order valence-corrected chi connectivity index (χ4v) is 2.52. The minimum atomic E-state index is -0.200. The molecule has 27 heavy (non-hydrogen) atoms. The lowest BCUT2D eigenvalue weighted by Crippen LogP contribution is -2.12. The first kappa shape index (κ1) is 18.4. The number of aromatic nitrogens is 1. The van der Waals surface area contributed by atoms with Crippen LogP contribution in [0.3, 0.4) is 0 Å². The molecule has 3 N–H and O–H groups in total. The number of nitrogens with one attached hydrogen (secondary N) is 1. The molecule has 3 rings (SSSR count). The summed E-state index contributed by atoms with van der Waals surface area (Å²) in [5.41, 5.74) is 7.80. The Morgan fingerprint density at radius 1 is 1.04 bits per heavy atom. The van der Waals surface area contributed by atoms with Crippen LogP contribution in [-0.2, 0) is 6.42 Å². The van der Waals surface area contributed by atoms with Gasteiger partial charge in [0, 0.05) is 11.6 Å². The van der Waals surface area contributed by atoms with Crippen molar-refractivity contribution in [1.29, 1.82) is 0 Å². The molecule has 0 fully saturated rings. The molecule has 0 unspecified atom stereocenters. The Hall–Kier alpha value is -3.38. The normalized spacial score (nSPS) is 10.3. The number of methoxy groups -OCH3 is 1. The molecule has 138 valence electrons. The molecule has 1 aromatic heterocycles. The molecule has 6 nitrogen and oxygen atoms in total. The first-order chi connectivity index (χ1) is 13.2. The van der Waals surface area contributed by atoms with Crippen LogP contribution in [0.15, 0.2) is 66.9 Å². The Kier molecular flexibility index (Phi) is 6.02. The quantitative estimate of drug-likeness (QED) is 0.669. The van der Waals surface area contributed by atoms with E-state index < -0.39 is 0 Å². The number of rotatable bonds is 7. The number of carbonyl (C=O) groups is 1. The number of pyridine rings is 1. The molecule has 0 atom stereocenters. The van der Waals surface area contributed by atoms with Gasteiger partial charge in [-0.15, -0.1) is 0 Å². The molecule has 2 aromatic carbocycles. The molecular weight excluding hydrogens is 342 g/mol. The smallest absolute Gasteiger partial charge is 0.255 e. The molecule has 0 aliphatic heterocycles. The van der Waals surface area contributed by atoms with Gasteiger partial charge in [0.05, 0.1) is 19.0 Å². The fraction of sp³-hybridized carbons (Fsp3) is 0.143. The monoisotopic (exact) mass is 363 g/mol. The van der Waals surface area contributed by atoms with Crippen molar-refractivity contribution in [2.24, 2.45) is 5.73 Å². The van der Waals surface area contributed by atoms with Crippen molar-refractivity contribution in [3.8, 4) is 17.4 Å². The van der Waals surface area contributed by atoms with E-state index in [1.165, 1.54) is 0 Å². The summed E-state index contributed by atoms with van der Waals surface area (Å²) >= 11 is 0. The van der Waals surface area contributed by atoms with Gasteiger partial charge in [0.1, 0.15) is 0 Å². The van der Waals surface area contributed by atoms with Gasteiger partial charge >= 0.3 is 0 Å². The van der Waals surface area contributed by atoms with E-state index in [0.29, 0.717) is 35.2 Å². The van der Waals surface area contributed by atoms with E-state index in [2.05, 4.69) is 10.3 Å². The van der Waals surface area contributed by atoms with E-state index in [-0.39, 0.29) is 5.91 Å². The lowest BCUT2D eigenvalue weighted by Gasteiger charge is -2.10. The SMILES string of the molecule is COc1ccccc1Oc1ccc(NC(=O)c2ccc(CCN)cc2)cn1. The van der Waals surface area contributed by atoms with E-state index in [0.717, 1.165) is 12.0 Å². The van der Waals surface area contributed by atoms with E-state index in [1.807, 2.05) is 30.3 Å². The summed E-state index contributed by atoms with van der Waals surface area (Å²) in [6.45, 7) is 0.584. The second-order valence-corrected chi connectivity index (χ2v) is 5.83. The summed E-state index contributed by atoms with van der Waals surface area (Å²) in [7, 11) is 1.58. The Bertz CT molecular complexity index is 893. The summed E-state index contributed by atoms with van der Waals surface area (Å²) in [4.78, 5) is 16.6. The van der Waals surface area contributed by atoms with Crippen molar-refractivity contribution in [3.05, 3.63) is 78.0 Å². The van der Waals surface area contributed by atoms with Gasteiger partial charge in [-0.05, 0) is 48.9 Å². The molecule has 0 aliphatic carbocycles. The van der Waals surface area contributed by atoms with Gasteiger partial charge in [-0.3, -0.25) is 4.79 Å². The third-order valence-electron chi connectivity index (χ3n) is 3.93. The third-order valence-corrected chi connectivity index (χ3v) is 3.93. The Morgan fingerprint density at radius 2 is 1.78 bits per heavy atom. The fourth-order valence-electron chi connectivity index (χ4n) is 2.52. The number of amides is 1. The molecule has 1 heterocycles. The van der Waals surface area contributed by atoms with Crippen LogP contribution < -0.4 is 20.5 Å². The first-order valence-corrected chi connectivity index (χ1v) is 8.57. The van der Waals surface area contributed by atoms with Crippen molar-refractivity contribution < 1.29 is 14.3 Å². The molecule has 0 spiro atoms. The lowest BCUT2D eigenvalue weighted by molar-refractivity contribution is 0.102. The van der Waals surface area contributed by atoms with Crippen molar-refractivity contribution in [2.75, 3.05) is 19.0 Å². The molecule has 0 aliphatic rings. The molecule has 3 aromatic rings. The average Bonchev–Trinajstić information content (AvgIpc) is 2.70. The summed E-state index contributed by atoms with van der Waals surface area (Å²) in [6.07, 6.45) is 2.34. The minimum Gasteiger partial charge on any atom is -0.493 e. The maximum Gasteiger partial charge on any atom is 0.255 e. The van der Waals surface area contributed by atoms with Gasteiger partial charge in [0.2, 0.25) is 5.88 Å². The van der Waals surface area contributed by atoms with Crippen LogP contribution in [0, 0.1) is 0 Å². The molecule has 0 saturated heterocycles. The van der Waals surface area contributed by atoms with Gasteiger partial charge in [0.25, 0.3) is 5.91 Å². The van der Waals surface area contributed by atoms with Crippen LogP contribution in [0.1, 0.15) is 15.9 Å². The molecular formula is C21H21N3O3. The maximum absolute atomic E-state index is 12.3. The molecule has 0 saturated carbocycles. The Labute approximate surface area is 158 Å². The van der Waals surface area contributed by atoms with Gasteiger partial charge < -0.3 is 20.5 Å². The Balaban J connectivity index is 1.64. The predicted octanol–water partition coefficient (Wildman–Crippen LogP) is 3.64. The van der Waals surface area contributed by atoms with Gasteiger partial charge in [-0.2, -0.15) is 0 Å². The number of hydrogen-bond acceptors (Lipinski definition) is 5. The highest BCUT2D eigenvalue weighted by Crippen LogP contribution is 2.30. The van der Waals surface area contributed by atoms with Crippen LogP contribution in [0.4, 0.5) is 5.69 Å². The number of hydrogen-bond donors (Lipinski definition) is 2. The average molecular weight is 363 g/mol. The number of anilines is 1. The molecule has 6 heteroatoms. The van der Waals surface area contributed by atoms with E-state index in [1.54, 1.807) is 43.6 Å². The maximum atomic E-state index is 12.3. The first-order valence-electron chi connectivity index (χ1n) is 8.57. The van der Waals surface area contributed by atoms with Crippen LogP contribution in [-0.4, -0.2) is 24.5 Å². The number of nitrogens with zero attached hydrogens (tertiary/aromatic N) is 1. The highest BCUT2D eigenvalue weighted by Gasteiger charge is 2.08. The van der Waals surface area contributed by atoms with Gasteiger partial charge in [0.15, 0.2) is 11.5 Å². The van der Waals surface area contributed by atoms with Crippen molar-refractivity contribution in [2.45, 2.75) is 6.42 Å². The van der Waals surface area contributed by atoms with E-state index in [9.17, 15) is 4.79 Å². The predicted molar refractivity (Wildman–Crippen MR) is 104 cm³/mol. The van der Waals surface area contributed by atoms with E-state index >= 15 is 0 Å². The van der Waals surface area contributed by atoms with Crippen LogP contribution >= 0.6 is 0 Å². The molecule has 0 radical (unpaired) electrons. The highest BCUT2D eigenvalue weighted by molar-refractivity contribution is 6.04. The highest BCUT2D eigenvalue weighted by atomic mass is 16.5. The van der Waals surface area contributed by atoms with Crippen molar-refractivity contribution in [3.63, 3.8) is 0 Å². The Morgan fingerprint density at radius 3 is 2.41 bits per heavy atom. The molecule has 0 bridgehead atoms. The van der Waals surface area contributed by atoms with Crippen LogP contribution in [0.5, 0.6) is 17.4 Å². The lowest BCUT2D eigenvalue weighted by atomic mass is 10.1. The summed E-state index contributed by atoms with van der Waals surface area (Å²) < 4.78 is 11.0. The van der Waals surface area contributed by atoms with Crippen LogP contribution in [0.2, 0.25) is 0 Å². The van der Waals surface area contributed by atoms with Gasteiger partial charge in [-0.1, -0.05) is 24.3 Å². The zero-order chi connectivity index (χ0) is 19.1. The summed E-state index contributed by atoms with van der Waals surface area (Å²) in [5.74, 6) is 1.40. The number of nitrogens with two attached hydrogens (primary N) is 1. The standard InChI is InChI=1S/C21H21N3O3/c1-26-18-4-2-3-5-19(18)27-20-11-10-17(14-23-20)24-21(25)16-8-6-15(7-9-16)12-13-22/h2-11,14H,12-13,22H2,1H3,(H,24,25). The molecule has 1 amide bonds. The number of para-hydroxylation sites is 2. The van der Waals surface area contributed by atoms with Crippen molar-refractivity contribution >= 4 is 11.6 Å². The number of benzene rings is 2. The topological polar surface area (TPSA) is 86.5 Å². The largest absolute Gasteiger partial charge is 0.493 e. The summed E-state index contributed by atoms with van der Waals surface area (Å²) in [6, 6.07) is 18.1.